The van der Waals surface area contributed by atoms with Crippen molar-refractivity contribution in [3.8, 4) is 0 Å². The van der Waals surface area contributed by atoms with Gasteiger partial charge in [-0.25, -0.2) is 9.37 Å². The summed E-state index contributed by atoms with van der Waals surface area (Å²) in [5.41, 5.74) is 7.67. The minimum Gasteiger partial charge on any atom is -0.324 e. The van der Waals surface area contributed by atoms with Crippen LogP contribution in [0.5, 0.6) is 0 Å². The summed E-state index contributed by atoms with van der Waals surface area (Å²) in [6, 6.07) is 4.52. The number of aromatic nitrogens is 1. The molecule has 1 heterocycles. The number of hydrogen-bond acceptors (Lipinski definition) is 4. The maximum atomic E-state index is 13.2. The normalized spacial score (nSPS) is 12.7. The van der Waals surface area contributed by atoms with Gasteiger partial charge in [-0.3, -0.25) is 0 Å². The first-order valence-electron chi connectivity index (χ1n) is 5.21. The van der Waals surface area contributed by atoms with Crippen molar-refractivity contribution < 1.29 is 4.39 Å². The molecular formula is C12H13FN2S2. The highest BCUT2D eigenvalue weighted by Crippen LogP contribution is 2.34. The molecule has 1 unspecified atom stereocenters. The Balaban J connectivity index is 2.32. The van der Waals surface area contributed by atoms with Gasteiger partial charge in [0.1, 0.15) is 5.82 Å². The van der Waals surface area contributed by atoms with Crippen LogP contribution in [0.3, 0.4) is 0 Å². The molecule has 0 aliphatic heterocycles. The van der Waals surface area contributed by atoms with E-state index in [0.29, 0.717) is 0 Å². The average Bonchev–Trinajstić information content (AvgIpc) is 2.66. The van der Waals surface area contributed by atoms with E-state index in [1.54, 1.807) is 17.4 Å². The van der Waals surface area contributed by atoms with E-state index in [2.05, 4.69) is 4.98 Å². The third-order valence-corrected chi connectivity index (χ3v) is 4.41. The van der Waals surface area contributed by atoms with Crippen molar-refractivity contribution >= 4 is 23.1 Å². The summed E-state index contributed by atoms with van der Waals surface area (Å²) in [7, 11) is 0. The highest BCUT2D eigenvalue weighted by Gasteiger charge is 2.11. The molecule has 17 heavy (non-hydrogen) atoms. The highest BCUT2D eigenvalue weighted by atomic mass is 32.2. The van der Waals surface area contributed by atoms with Gasteiger partial charge in [0.2, 0.25) is 0 Å². The van der Waals surface area contributed by atoms with Crippen molar-refractivity contribution in [2.75, 3.05) is 0 Å². The summed E-state index contributed by atoms with van der Waals surface area (Å²) in [6.07, 6.45) is 0. The molecule has 0 spiro atoms. The zero-order chi connectivity index (χ0) is 12.4. The van der Waals surface area contributed by atoms with Crippen LogP contribution in [0.2, 0.25) is 0 Å². The van der Waals surface area contributed by atoms with Crippen LogP contribution in [0, 0.1) is 12.7 Å². The van der Waals surface area contributed by atoms with Crippen LogP contribution >= 0.6 is 23.1 Å². The van der Waals surface area contributed by atoms with E-state index in [4.69, 9.17) is 5.73 Å². The van der Waals surface area contributed by atoms with Gasteiger partial charge in [0.05, 0.1) is 0 Å². The second kappa shape index (κ2) is 5.16. The van der Waals surface area contributed by atoms with E-state index in [1.807, 2.05) is 19.2 Å². The summed E-state index contributed by atoms with van der Waals surface area (Å²) < 4.78 is 14.1. The summed E-state index contributed by atoms with van der Waals surface area (Å²) in [5.74, 6) is -0.253. The molecule has 90 valence electrons. The lowest BCUT2D eigenvalue weighted by Crippen LogP contribution is -2.06. The van der Waals surface area contributed by atoms with Crippen LogP contribution in [0.25, 0.3) is 0 Å². The Morgan fingerprint density at radius 1 is 1.47 bits per heavy atom. The van der Waals surface area contributed by atoms with Gasteiger partial charge in [-0.15, -0.1) is 11.3 Å². The second-order valence-electron chi connectivity index (χ2n) is 3.83. The Morgan fingerprint density at radius 2 is 2.24 bits per heavy atom. The van der Waals surface area contributed by atoms with Crippen molar-refractivity contribution in [3.63, 3.8) is 0 Å². The topological polar surface area (TPSA) is 38.9 Å². The first kappa shape index (κ1) is 12.5. The molecule has 0 saturated heterocycles. The predicted molar refractivity (Wildman–Crippen MR) is 70.0 cm³/mol. The quantitative estimate of drug-likeness (QED) is 0.921. The minimum atomic E-state index is -0.253. The van der Waals surface area contributed by atoms with Crippen LogP contribution in [-0.2, 0) is 0 Å². The van der Waals surface area contributed by atoms with Crippen molar-refractivity contribution in [2.24, 2.45) is 5.73 Å². The van der Waals surface area contributed by atoms with Crippen LogP contribution < -0.4 is 5.73 Å². The van der Waals surface area contributed by atoms with Crippen LogP contribution in [0.15, 0.2) is 32.8 Å². The van der Waals surface area contributed by atoms with Gasteiger partial charge in [-0.1, -0.05) is 11.8 Å². The molecule has 0 aliphatic rings. The van der Waals surface area contributed by atoms with Crippen molar-refractivity contribution in [3.05, 3.63) is 40.7 Å². The third kappa shape index (κ3) is 3.06. The number of nitrogens with two attached hydrogens (primary N) is 1. The Hall–Kier alpha value is -0.910. The summed E-state index contributed by atoms with van der Waals surface area (Å²) in [4.78, 5) is 5.34. The fourth-order valence-electron chi connectivity index (χ4n) is 1.44. The number of aryl methyl sites for hydroxylation is 1. The van der Waals surface area contributed by atoms with Crippen LogP contribution in [0.4, 0.5) is 4.39 Å². The summed E-state index contributed by atoms with van der Waals surface area (Å²) >= 11 is 3.12. The monoisotopic (exact) mass is 268 g/mol. The molecule has 5 heteroatoms. The lowest BCUT2D eigenvalue weighted by Gasteiger charge is -2.11. The van der Waals surface area contributed by atoms with Crippen molar-refractivity contribution in [1.29, 1.82) is 0 Å². The fraction of sp³-hybridized carbons (Fsp3) is 0.250. The zero-order valence-electron chi connectivity index (χ0n) is 9.61. The number of halogens is 1. The van der Waals surface area contributed by atoms with Crippen LogP contribution in [0.1, 0.15) is 24.2 Å². The standard InChI is InChI=1S/C12H13FN2S2/c1-7-6-16-12(15-7)17-11-4-3-9(13)5-10(11)8(2)14/h3-6,8H,14H2,1-2H3. The molecule has 2 rings (SSSR count). The third-order valence-electron chi connectivity index (χ3n) is 2.26. The van der Waals surface area contributed by atoms with Gasteiger partial charge in [0.15, 0.2) is 4.34 Å². The SMILES string of the molecule is Cc1csc(Sc2ccc(F)cc2C(C)N)n1. The van der Waals surface area contributed by atoms with E-state index in [1.165, 1.54) is 23.9 Å². The maximum Gasteiger partial charge on any atom is 0.154 e. The Morgan fingerprint density at radius 3 is 2.82 bits per heavy atom. The van der Waals surface area contributed by atoms with Gasteiger partial charge < -0.3 is 5.73 Å². The fourth-order valence-corrected chi connectivity index (χ4v) is 3.44. The molecule has 2 N–H and O–H groups in total. The molecule has 2 nitrogen and oxygen atoms in total. The lowest BCUT2D eigenvalue weighted by atomic mass is 10.1. The summed E-state index contributed by atoms with van der Waals surface area (Å²) in [6.45, 7) is 3.81. The lowest BCUT2D eigenvalue weighted by molar-refractivity contribution is 0.619. The Labute approximate surface area is 108 Å². The van der Waals surface area contributed by atoms with E-state index in [0.717, 1.165) is 20.5 Å². The second-order valence-corrected chi connectivity index (χ2v) is 5.97. The molecule has 0 amide bonds. The van der Waals surface area contributed by atoms with Crippen molar-refractivity contribution in [2.45, 2.75) is 29.1 Å². The van der Waals surface area contributed by atoms with Gasteiger partial charge in [-0.2, -0.15) is 0 Å². The first-order chi connectivity index (χ1) is 8.06. The maximum absolute atomic E-state index is 13.2. The van der Waals surface area contributed by atoms with E-state index in [9.17, 15) is 4.39 Å². The summed E-state index contributed by atoms with van der Waals surface area (Å²) in [5, 5.41) is 2.00. The van der Waals surface area contributed by atoms with Crippen molar-refractivity contribution in [1.82, 2.24) is 4.98 Å². The molecule has 0 aliphatic carbocycles. The highest BCUT2D eigenvalue weighted by molar-refractivity contribution is 8.01. The number of hydrogen-bond donors (Lipinski definition) is 1. The predicted octanol–water partition coefficient (Wildman–Crippen LogP) is 3.76. The molecule has 0 radical (unpaired) electrons. The zero-order valence-corrected chi connectivity index (χ0v) is 11.2. The number of benzene rings is 1. The van der Waals surface area contributed by atoms with Gasteiger partial charge in [-0.05, 0) is 37.6 Å². The number of thiazole rings is 1. The van der Waals surface area contributed by atoms with E-state index in [-0.39, 0.29) is 11.9 Å². The Kier molecular flexibility index (Phi) is 3.81. The Bertz CT molecular complexity index is 523. The molecular weight excluding hydrogens is 255 g/mol. The smallest absolute Gasteiger partial charge is 0.154 e. The minimum absolute atomic E-state index is 0.186. The van der Waals surface area contributed by atoms with E-state index < -0.39 is 0 Å². The molecule has 1 atom stereocenters. The number of nitrogens with zero attached hydrogens (tertiary/aromatic N) is 1. The molecule has 0 bridgehead atoms. The van der Waals surface area contributed by atoms with Gasteiger partial charge in [0, 0.05) is 22.0 Å². The average molecular weight is 268 g/mol. The molecule has 0 saturated carbocycles. The van der Waals surface area contributed by atoms with E-state index >= 15 is 0 Å². The number of rotatable bonds is 3. The molecule has 2 aromatic rings. The first-order valence-corrected chi connectivity index (χ1v) is 6.91. The molecule has 0 fully saturated rings. The molecule has 1 aromatic carbocycles. The molecule has 1 aromatic heterocycles. The van der Waals surface area contributed by atoms with Gasteiger partial charge in [0.25, 0.3) is 0 Å². The largest absolute Gasteiger partial charge is 0.324 e. The van der Waals surface area contributed by atoms with Crippen LogP contribution in [-0.4, -0.2) is 4.98 Å². The van der Waals surface area contributed by atoms with Gasteiger partial charge >= 0.3 is 0 Å².